The van der Waals surface area contributed by atoms with E-state index in [0.717, 1.165) is 34.7 Å². The van der Waals surface area contributed by atoms with Crippen LogP contribution in [0, 0.1) is 13.8 Å². The molecule has 0 radical (unpaired) electrons. The zero-order chi connectivity index (χ0) is 15.3. The highest BCUT2D eigenvalue weighted by Crippen LogP contribution is 2.40. The summed E-state index contributed by atoms with van der Waals surface area (Å²) in [5.41, 5.74) is 3.30. The van der Waals surface area contributed by atoms with E-state index in [4.69, 9.17) is 16.3 Å². The molecule has 1 aromatic carbocycles. The van der Waals surface area contributed by atoms with Gasteiger partial charge in [0.05, 0.1) is 7.11 Å². The van der Waals surface area contributed by atoms with Crippen molar-refractivity contribution in [3.8, 4) is 5.75 Å². The fourth-order valence-electron chi connectivity index (χ4n) is 2.70. The van der Waals surface area contributed by atoms with E-state index < -0.39 is 0 Å². The zero-order valence-electron chi connectivity index (χ0n) is 13.2. The van der Waals surface area contributed by atoms with Crippen molar-refractivity contribution in [3.05, 3.63) is 27.8 Å². The number of Topliss-reactive ketones (excluding diaryl/α,β-unsaturated/α-hetero) is 1. The Hall–Kier alpha value is -1.02. The first kappa shape index (κ1) is 17.0. The van der Waals surface area contributed by atoms with Crippen LogP contribution in [0.25, 0.3) is 0 Å². The second-order valence-corrected chi connectivity index (χ2v) is 5.69. The predicted octanol–water partition coefficient (Wildman–Crippen LogP) is 5.22. The number of carbonyl (C=O) groups excluding carboxylic acids is 1. The summed E-state index contributed by atoms with van der Waals surface area (Å²) >= 11 is 6.32. The van der Waals surface area contributed by atoms with Gasteiger partial charge in [-0.15, -0.1) is 0 Å². The fourth-order valence-corrected chi connectivity index (χ4v) is 2.97. The largest absolute Gasteiger partial charge is 0.496 e. The van der Waals surface area contributed by atoms with Crippen LogP contribution in [-0.4, -0.2) is 12.9 Å². The van der Waals surface area contributed by atoms with Crippen molar-refractivity contribution in [2.24, 2.45) is 0 Å². The van der Waals surface area contributed by atoms with Crippen molar-refractivity contribution in [1.82, 2.24) is 0 Å². The van der Waals surface area contributed by atoms with Gasteiger partial charge in [-0.05, 0) is 49.8 Å². The van der Waals surface area contributed by atoms with Crippen LogP contribution in [0.2, 0.25) is 5.02 Å². The molecule has 0 amide bonds. The molecule has 0 aliphatic heterocycles. The highest BCUT2D eigenvalue weighted by Gasteiger charge is 2.21. The lowest BCUT2D eigenvalue weighted by molar-refractivity contribution is -0.118. The molecule has 112 valence electrons. The highest BCUT2D eigenvalue weighted by molar-refractivity contribution is 6.31. The molecular formula is C17H25ClO2. The maximum Gasteiger partial charge on any atom is 0.132 e. The van der Waals surface area contributed by atoms with Crippen LogP contribution in [0.15, 0.2) is 6.07 Å². The summed E-state index contributed by atoms with van der Waals surface area (Å²) in [7, 11) is 1.70. The third-order valence-corrected chi connectivity index (χ3v) is 4.37. The van der Waals surface area contributed by atoms with Gasteiger partial charge in [-0.2, -0.15) is 0 Å². The zero-order valence-corrected chi connectivity index (χ0v) is 13.9. The first-order chi connectivity index (χ1) is 9.46. The number of aryl methyl sites for hydroxylation is 1. The summed E-state index contributed by atoms with van der Waals surface area (Å²) < 4.78 is 5.58. The monoisotopic (exact) mass is 296 g/mol. The lowest BCUT2D eigenvalue weighted by Gasteiger charge is -2.23. The second kappa shape index (κ2) is 7.68. The molecule has 1 unspecified atom stereocenters. The Labute approximate surface area is 127 Å². The number of halogens is 1. The normalized spacial score (nSPS) is 12.3. The van der Waals surface area contributed by atoms with Crippen molar-refractivity contribution in [3.63, 3.8) is 0 Å². The van der Waals surface area contributed by atoms with E-state index in [1.165, 1.54) is 5.56 Å². The number of benzene rings is 1. The standard InChI is InChI=1S/C17H25ClO2/c1-6-13(8-9-14(19)7-2)16-12(4)15(18)10-11(3)17(16)20-5/h10,13H,6-9H2,1-5H3. The Bertz CT molecular complexity index is 480. The first-order valence-electron chi connectivity index (χ1n) is 7.31. The third kappa shape index (κ3) is 3.76. The molecular weight excluding hydrogens is 272 g/mol. The SMILES string of the molecule is CCC(=O)CCC(CC)c1c(C)c(Cl)cc(C)c1OC. The quantitative estimate of drug-likeness (QED) is 0.689. The summed E-state index contributed by atoms with van der Waals surface area (Å²) in [6.07, 6.45) is 3.08. The van der Waals surface area contributed by atoms with Crippen LogP contribution in [0.1, 0.15) is 62.1 Å². The number of carbonyl (C=O) groups is 1. The third-order valence-electron chi connectivity index (χ3n) is 3.98. The van der Waals surface area contributed by atoms with Crippen LogP contribution < -0.4 is 4.74 Å². The molecule has 0 aliphatic rings. The molecule has 1 atom stereocenters. The topological polar surface area (TPSA) is 26.3 Å². The van der Waals surface area contributed by atoms with Crippen LogP contribution in [-0.2, 0) is 4.79 Å². The predicted molar refractivity (Wildman–Crippen MR) is 85.0 cm³/mol. The van der Waals surface area contributed by atoms with Crippen molar-refractivity contribution < 1.29 is 9.53 Å². The molecule has 0 heterocycles. The lowest BCUT2D eigenvalue weighted by Crippen LogP contribution is -2.07. The van der Waals surface area contributed by atoms with Crippen molar-refractivity contribution in [1.29, 1.82) is 0 Å². The van der Waals surface area contributed by atoms with E-state index in [2.05, 4.69) is 6.92 Å². The van der Waals surface area contributed by atoms with E-state index in [0.29, 0.717) is 24.5 Å². The smallest absolute Gasteiger partial charge is 0.132 e. The first-order valence-corrected chi connectivity index (χ1v) is 7.69. The summed E-state index contributed by atoms with van der Waals surface area (Å²) in [5, 5.41) is 0.776. The molecule has 0 saturated carbocycles. The molecule has 0 spiro atoms. The second-order valence-electron chi connectivity index (χ2n) is 5.28. The molecule has 1 aromatic rings. The molecule has 0 bridgehead atoms. The molecule has 0 saturated heterocycles. The summed E-state index contributed by atoms with van der Waals surface area (Å²) in [5.74, 6) is 1.55. The van der Waals surface area contributed by atoms with Gasteiger partial charge >= 0.3 is 0 Å². The van der Waals surface area contributed by atoms with E-state index >= 15 is 0 Å². The van der Waals surface area contributed by atoms with Gasteiger partial charge in [0.15, 0.2) is 0 Å². The highest BCUT2D eigenvalue weighted by atomic mass is 35.5. The van der Waals surface area contributed by atoms with E-state index in [9.17, 15) is 4.79 Å². The van der Waals surface area contributed by atoms with Crippen LogP contribution in [0.5, 0.6) is 5.75 Å². The number of hydrogen-bond acceptors (Lipinski definition) is 2. The summed E-state index contributed by atoms with van der Waals surface area (Å²) in [6, 6.07) is 1.95. The molecule has 0 aromatic heterocycles. The molecule has 0 N–H and O–H groups in total. The van der Waals surface area contributed by atoms with Gasteiger partial charge in [0.1, 0.15) is 11.5 Å². The Kier molecular flexibility index (Phi) is 6.54. The van der Waals surface area contributed by atoms with E-state index in [1.54, 1.807) is 7.11 Å². The fraction of sp³-hybridized carbons (Fsp3) is 0.588. The lowest BCUT2D eigenvalue weighted by atomic mass is 9.86. The average Bonchev–Trinajstić information content (AvgIpc) is 2.44. The minimum Gasteiger partial charge on any atom is -0.496 e. The number of rotatable bonds is 7. The van der Waals surface area contributed by atoms with Crippen LogP contribution in [0.4, 0.5) is 0 Å². The summed E-state index contributed by atoms with van der Waals surface area (Å²) in [6.45, 7) is 8.11. The van der Waals surface area contributed by atoms with Gasteiger partial charge in [0.25, 0.3) is 0 Å². The van der Waals surface area contributed by atoms with E-state index in [-0.39, 0.29) is 0 Å². The van der Waals surface area contributed by atoms with Gasteiger partial charge in [-0.1, -0.05) is 25.4 Å². The van der Waals surface area contributed by atoms with Gasteiger partial charge in [0.2, 0.25) is 0 Å². The molecule has 1 rings (SSSR count). The van der Waals surface area contributed by atoms with E-state index in [1.807, 2.05) is 26.8 Å². The molecule has 0 fully saturated rings. The minimum atomic E-state index is 0.317. The molecule has 2 nitrogen and oxygen atoms in total. The van der Waals surface area contributed by atoms with Gasteiger partial charge in [-0.25, -0.2) is 0 Å². The Morgan fingerprint density at radius 3 is 2.50 bits per heavy atom. The van der Waals surface area contributed by atoms with Gasteiger partial charge in [0, 0.05) is 23.4 Å². The number of hydrogen-bond donors (Lipinski definition) is 0. The maximum absolute atomic E-state index is 11.6. The minimum absolute atomic E-state index is 0.317. The number of ether oxygens (including phenoxy) is 1. The van der Waals surface area contributed by atoms with Crippen LogP contribution in [0.3, 0.4) is 0 Å². The Morgan fingerprint density at radius 2 is 2.00 bits per heavy atom. The van der Waals surface area contributed by atoms with Crippen LogP contribution >= 0.6 is 11.6 Å². The molecule has 0 aliphatic carbocycles. The number of methoxy groups -OCH3 is 1. The van der Waals surface area contributed by atoms with Crippen molar-refractivity contribution in [2.75, 3.05) is 7.11 Å². The van der Waals surface area contributed by atoms with Gasteiger partial charge < -0.3 is 4.74 Å². The van der Waals surface area contributed by atoms with Crippen molar-refractivity contribution >= 4 is 17.4 Å². The molecule has 20 heavy (non-hydrogen) atoms. The Morgan fingerprint density at radius 1 is 1.35 bits per heavy atom. The summed E-state index contributed by atoms with van der Waals surface area (Å²) in [4.78, 5) is 11.6. The molecule has 3 heteroatoms. The van der Waals surface area contributed by atoms with Crippen molar-refractivity contribution in [2.45, 2.75) is 59.3 Å². The Balaban J connectivity index is 3.16. The maximum atomic E-state index is 11.6. The van der Waals surface area contributed by atoms with Gasteiger partial charge in [-0.3, -0.25) is 4.79 Å². The number of ketones is 1. The average molecular weight is 297 g/mol.